The summed E-state index contributed by atoms with van der Waals surface area (Å²) in [5.41, 5.74) is 7.74. The normalized spacial score (nSPS) is 13.2. The molecule has 0 radical (unpaired) electrons. The molecular formula is C49H58BF2IN6O6. The maximum absolute atomic E-state index is 13.3. The van der Waals surface area contributed by atoms with Gasteiger partial charge >= 0.3 is 19.3 Å². The lowest BCUT2D eigenvalue weighted by Gasteiger charge is -2.30. The van der Waals surface area contributed by atoms with Crippen LogP contribution in [0.3, 0.4) is 0 Å². The standard InChI is InChI=1S/C24H26FN3O2.C18H21FIN3O2.C6H7BO2.CH4/c1-24(2,3)30-23(29)27-14-13-20-21(16-27)28(15-17-9-11-19(25)12-10-17)26-22(20)18-7-5-4-6-8-18;1-18(2,3)25-17(24)22-9-8-14-15(11-22)23(21-16(14)20)10-12-4-6-13(19)7-5-12;8-7(9)6-4-2-1-3-5-6;/h4-12H,13-16H2,1-3H3;4-7H,8-11H2,1-3H3;1-5,8-9H;1H4. The van der Waals surface area contributed by atoms with Crippen LogP contribution in [-0.4, -0.2) is 83.0 Å². The quantitative estimate of drug-likeness (QED) is 0.125. The Morgan fingerprint density at radius 3 is 1.49 bits per heavy atom. The van der Waals surface area contributed by atoms with Gasteiger partial charge in [0.05, 0.1) is 43.3 Å². The molecule has 0 unspecified atom stereocenters. The summed E-state index contributed by atoms with van der Waals surface area (Å²) in [5, 5.41) is 26.7. The van der Waals surface area contributed by atoms with Crippen LogP contribution in [0.25, 0.3) is 11.3 Å². The van der Waals surface area contributed by atoms with Crippen LogP contribution in [0.1, 0.15) is 82.6 Å². The Labute approximate surface area is 394 Å². The minimum atomic E-state index is -1.34. The molecule has 0 bridgehead atoms. The molecule has 12 nitrogen and oxygen atoms in total. The van der Waals surface area contributed by atoms with Crippen molar-refractivity contribution in [2.75, 3.05) is 13.1 Å². The van der Waals surface area contributed by atoms with Gasteiger partial charge < -0.3 is 29.3 Å². The van der Waals surface area contributed by atoms with Crippen LogP contribution in [0, 0.1) is 15.3 Å². The largest absolute Gasteiger partial charge is 0.488 e. The fraction of sp³-hybridized carbons (Fsp3) is 0.347. The molecule has 2 aromatic heterocycles. The fourth-order valence-corrected chi connectivity index (χ4v) is 7.96. The zero-order chi connectivity index (χ0) is 46.2. The minimum Gasteiger partial charge on any atom is -0.444 e. The van der Waals surface area contributed by atoms with E-state index < -0.39 is 18.3 Å². The van der Waals surface area contributed by atoms with E-state index in [2.05, 4.69) is 27.7 Å². The number of halogens is 3. The number of carbonyl (C=O) groups is 2. The van der Waals surface area contributed by atoms with Gasteiger partial charge in [-0.25, -0.2) is 18.4 Å². The van der Waals surface area contributed by atoms with E-state index in [1.807, 2.05) is 87.3 Å². The molecule has 2 amide bonds. The third kappa shape index (κ3) is 14.2. The Balaban J connectivity index is 0.000000205. The molecule has 2 aliphatic heterocycles. The molecule has 0 fully saturated rings. The average molecular weight is 1000 g/mol. The van der Waals surface area contributed by atoms with Gasteiger partial charge in [-0.3, -0.25) is 9.36 Å². The van der Waals surface area contributed by atoms with E-state index in [1.165, 1.54) is 29.8 Å². The number of benzene rings is 4. The van der Waals surface area contributed by atoms with Crippen LogP contribution in [0.5, 0.6) is 0 Å². The molecule has 2 N–H and O–H groups in total. The summed E-state index contributed by atoms with van der Waals surface area (Å²) in [6, 6.07) is 31.6. The molecule has 2 aliphatic rings. The van der Waals surface area contributed by atoms with Crippen molar-refractivity contribution in [1.29, 1.82) is 0 Å². The summed E-state index contributed by atoms with van der Waals surface area (Å²) in [4.78, 5) is 28.4. The van der Waals surface area contributed by atoms with E-state index in [0.717, 1.165) is 49.5 Å². The van der Waals surface area contributed by atoms with Crippen LogP contribution >= 0.6 is 22.6 Å². The summed E-state index contributed by atoms with van der Waals surface area (Å²) in [5.74, 6) is -0.515. The van der Waals surface area contributed by atoms with E-state index in [1.54, 1.807) is 58.3 Å². The molecule has 0 aliphatic carbocycles. The number of carbonyl (C=O) groups excluding carboxylic acids is 2. The molecule has 4 heterocycles. The molecule has 6 aromatic rings. The number of ether oxygens (including phenoxy) is 2. The Morgan fingerprint density at radius 1 is 0.646 bits per heavy atom. The van der Waals surface area contributed by atoms with Gasteiger partial charge in [0.1, 0.15) is 26.5 Å². The van der Waals surface area contributed by atoms with E-state index in [0.29, 0.717) is 51.2 Å². The van der Waals surface area contributed by atoms with Crippen LogP contribution in [0.4, 0.5) is 18.4 Å². The highest BCUT2D eigenvalue weighted by Gasteiger charge is 2.32. The Kier molecular flexibility index (Phi) is 17.1. The fourth-order valence-electron chi connectivity index (χ4n) is 7.12. The van der Waals surface area contributed by atoms with Crippen molar-refractivity contribution >= 4 is 47.4 Å². The summed E-state index contributed by atoms with van der Waals surface area (Å²) < 4.78 is 42.3. The zero-order valence-electron chi connectivity index (χ0n) is 37.0. The Hall–Kier alpha value is -5.59. The maximum Gasteiger partial charge on any atom is 0.488 e. The summed E-state index contributed by atoms with van der Waals surface area (Å²) in [7, 11) is -1.34. The number of hydrogen-bond donors (Lipinski definition) is 2. The number of fused-ring (bicyclic) bond motifs is 2. The predicted molar refractivity (Wildman–Crippen MR) is 257 cm³/mol. The lowest BCUT2D eigenvalue weighted by molar-refractivity contribution is 0.0209. The molecule has 4 aromatic carbocycles. The van der Waals surface area contributed by atoms with Gasteiger partial charge in [-0.2, -0.15) is 10.2 Å². The highest BCUT2D eigenvalue weighted by Crippen LogP contribution is 2.31. The first kappa shape index (κ1) is 50.4. The van der Waals surface area contributed by atoms with Crippen LogP contribution in [-0.2, 0) is 48.5 Å². The number of aromatic nitrogens is 4. The van der Waals surface area contributed by atoms with Crippen LogP contribution in [0.15, 0.2) is 109 Å². The number of nitrogens with zero attached hydrogens (tertiary/aromatic N) is 6. The van der Waals surface area contributed by atoms with Gasteiger partial charge in [-0.15, -0.1) is 0 Å². The highest BCUT2D eigenvalue weighted by molar-refractivity contribution is 14.1. The van der Waals surface area contributed by atoms with Gasteiger partial charge in [-0.1, -0.05) is 92.4 Å². The minimum absolute atomic E-state index is 0. The van der Waals surface area contributed by atoms with Crippen molar-refractivity contribution < 1.29 is 37.9 Å². The van der Waals surface area contributed by atoms with Crippen molar-refractivity contribution in [3.63, 3.8) is 0 Å². The van der Waals surface area contributed by atoms with E-state index in [9.17, 15) is 18.4 Å². The molecular weight excluding hydrogens is 944 g/mol. The topological polar surface area (TPSA) is 135 Å². The summed E-state index contributed by atoms with van der Waals surface area (Å²) >= 11 is 2.23. The SMILES string of the molecule is C.CC(C)(C)OC(=O)N1CCc2c(-c3ccccc3)nn(Cc3ccc(F)cc3)c2C1.CC(C)(C)OC(=O)N1CCc2c(I)nn(Cc3ccc(F)cc3)c2C1.OB(O)c1ccccc1. The van der Waals surface area contributed by atoms with Crippen molar-refractivity contribution in [3.8, 4) is 11.3 Å². The second-order valence-electron chi connectivity index (χ2n) is 17.5. The second kappa shape index (κ2) is 22.1. The second-order valence-corrected chi connectivity index (χ2v) is 18.5. The maximum atomic E-state index is 13.3. The number of rotatable bonds is 6. The first-order valence-corrected chi connectivity index (χ1v) is 22.1. The smallest absolute Gasteiger partial charge is 0.444 e. The lowest BCUT2D eigenvalue weighted by Crippen LogP contribution is -2.40. The molecule has 0 atom stereocenters. The monoisotopic (exact) mass is 1000 g/mol. The molecule has 0 saturated carbocycles. The molecule has 65 heavy (non-hydrogen) atoms. The van der Waals surface area contributed by atoms with E-state index >= 15 is 0 Å². The van der Waals surface area contributed by atoms with Crippen molar-refractivity contribution in [1.82, 2.24) is 29.4 Å². The van der Waals surface area contributed by atoms with Crippen LogP contribution in [0.2, 0.25) is 0 Å². The summed E-state index contributed by atoms with van der Waals surface area (Å²) in [6.45, 7) is 14.4. The number of amides is 2. The van der Waals surface area contributed by atoms with Gasteiger partial charge in [-0.05, 0) is 118 Å². The van der Waals surface area contributed by atoms with Crippen molar-refractivity contribution in [2.45, 2.75) is 99.2 Å². The van der Waals surface area contributed by atoms with Crippen LogP contribution < -0.4 is 5.46 Å². The number of hydrogen-bond acceptors (Lipinski definition) is 8. The van der Waals surface area contributed by atoms with Gasteiger partial charge in [0, 0.05) is 29.8 Å². The molecule has 0 spiro atoms. The molecule has 0 saturated heterocycles. The van der Waals surface area contributed by atoms with Gasteiger partial charge in [0.15, 0.2) is 0 Å². The third-order valence-electron chi connectivity index (χ3n) is 10.2. The lowest BCUT2D eigenvalue weighted by atomic mass is 9.81. The average Bonchev–Trinajstić information content (AvgIpc) is 3.77. The van der Waals surface area contributed by atoms with Crippen molar-refractivity contribution in [2.24, 2.45) is 0 Å². The summed E-state index contributed by atoms with van der Waals surface area (Å²) in [6.07, 6.45) is 0.852. The Morgan fingerprint density at radius 2 is 1.06 bits per heavy atom. The van der Waals surface area contributed by atoms with Gasteiger partial charge in [0.25, 0.3) is 0 Å². The molecule has 8 rings (SSSR count). The first-order chi connectivity index (χ1) is 30.3. The first-order valence-electron chi connectivity index (χ1n) is 21.1. The molecule has 344 valence electrons. The van der Waals surface area contributed by atoms with Crippen molar-refractivity contribution in [3.05, 3.63) is 158 Å². The van der Waals surface area contributed by atoms with E-state index in [-0.39, 0.29) is 31.2 Å². The van der Waals surface area contributed by atoms with Gasteiger partial charge in [0.2, 0.25) is 0 Å². The highest BCUT2D eigenvalue weighted by atomic mass is 127. The zero-order valence-corrected chi connectivity index (χ0v) is 39.1. The third-order valence-corrected chi connectivity index (χ3v) is 11.0. The molecule has 16 heteroatoms. The van der Waals surface area contributed by atoms with E-state index in [4.69, 9.17) is 24.6 Å². The Bertz CT molecular complexity index is 2490. The predicted octanol–water partition coefficient (Wildman–Crippen LogP) is 9.00.